The first kappa shape index (κ1) is 15.9. The second kappa shape index (κ2) is 10.5. The average Bonchev–Trinajstić information content (AvgIpc) is 2.03. The lowest BCUT2D eigenvalue weighted by Crippen LogP contribution is -2.14. The molecule has 0 saturated heterocycles. The maximum Gasteiger partial charge on any atom is 0.134 e. The predicted octanol–water partition coefficient (Wildman–Crippen LogP) is 2.90. The number of rotatable bonds is 4. The molecule has 0 rings (SSSR count). The Hall–Kier alpha value is 0.421. The first-order valence-electron chi connectivity index (χ1n) is 4.83. The van der Waals surface area contributed by atoms with Crippen LogP contribution in [0.2, 0.25) is 31.9 Å². The van der Waals surface area contributed by atoms with Crippen LogP contribution in [-0.2, 0) is 0 Å². The Bertz CT molecular complexity index is 122. The Balaban J connectivity index is 0. The standard InChI is InChI=1S/C7H16Si2.C2H7ClSi/c1-5-8(3)7-9(4)6-2;1-4(2)3/h5-6,8-9H,1-2,7H2,3-4H3;4H,1-2H3. The maximum absolute atomic E-state index is 5.41. The van der Waals surface area contributed by atoms with Crippen molar-refractivity contribution in [1.82, 2.24) is 0 Å². The van der Waals surface area contributed by atoms with Crippen molar-refractivity contribution < 1.29 is 0 Å². The van der Waals surface area contributed by atoms with Crippen molar-refractivity contribution in [2.24, 2.45) is 0 Å². The van der Waals surface area contributed by atoms with Crippen LogP contribution in [0, 0.1) is 0 Å². The molecule has 13 heavy (non-hydrogen) atoms. The maximum atomic E-state index is 5.41. The summed E-state index contributed by atoms with van der Waals surface area (Å²) in [6.45, 7) is 16.4. The van der Waals surface area contributed by atoms with Gasteiger partial charge in [-0.15, -0.1) is 24.6 Å². The number of halogens is 1. The van der Waals surface area contributed by atoms with Crippen LogP contribution in [0.3, 0.4) is 0 Å². The topological polar surface area (TPSA) is 0 Å². The van der Waals surface area contributed by atoms with Crippen molar-refractivity contribution in [3.05, 3.63) is 24.6 Å². The molecule has 0 aromatic rings. The van der Waals surface area contributed by atoms with Gasteiger partial charge < -0.3 is 0 Å². The Kier molecular flexibility index (Phi) is 12.8. The molecule has 2 atom stereocenters. The third-order valence-corrected chi connectivity index (χ3v) is 9.11. The molecule has 0 aliphatic carbocycles. The van der Waals surface area contributed by atoms with Gasteiger partial charge in [-0.3, -0.25) is 0 Å². The Morgan fingerprint density at radius 2 is 1.23 bits per heavy atom. The SMILES string of the molecule is C=C[SiH](C)C[SiH](C)C=C.C[SiH](C)Cl. The monoisotopic (exact) mass is 250 g/mol. The molecule has 2 unspecified atom stereocenters. The summed E-state index contributed by atoms with van der Waals surface area (Å²) in [5, 5.41) is 0. The summed E-state index contributed by atoms with van der Waals surface area (Å²) in [6, 6.07) is 0. The van der Waals surface area contributed by atoms with E-state index in [2.05, 4.69) is 50.7 Å². The van der Waals surface area contributed by atoms with Crippen LogP contribution in [0.25, 0.3) is 0 Å². The Labute approximate surface area is 93.2 Å². The van der Waals surface area contributed by atoms with Crippen LogP contribution in [0.15, 0.2) is 24.6 Å². The van der Waals surface area contributed by atoms with Crippen LogP contribution in [-0.4, -0.2) is 25.7 Å². The van der Waals surface area contributed by atoms with Gasteiger partial charge in [0.15, 0.2) is 0 Å². The highest BCUT2D eigenvalue weighted by atomic mass is 35.6. The predicted molar refractivity (Wildman–Crippen MR) is 76.0 cm³/mol. The van der Waals surface area contributed by atoms with Crippen molar-refractivity contribution in [2.75, 3.05) is 0 Å². The summed E-state index contributed by atoms with van der Waals surface area (Å²) >= 11 is 5.41. The first-order chi connectivity index (χ1) is 5.93. The molecule has 78 valence electrons. The van der Waals surface area contributed by atoms with E-state index < -0.39 is 25.7 Å². The van der Waals surface area contributed by atoms with E-state index >= 15 is 0 Å². The van der Waals surface area contributed by atoms with E-state index in [1.54, 1.807) is 0 Å². The van der Waals surface area contributed by atoms with Crippen molar-refractivity contribution >= 4 is 36.8 Å². The molecule has 0 heterocycles. The smallest absolute Gasteiger partial charge is 0.134 e. The van der Waals surface area contributed by atoms with Crippen molar-refractivity contribution in [1.29, 1.82) is 0 Å². The van der Waals surface area contributed by atoms with Crippen LogP contribution in [0.1, 0.15) is 0 Å². The minimum Gasteiger partial charge on any atom is -0.172 e. The Morgan fingerprint density at radius 3 is 1.38 bits per heavy atom. The molecule has 0 aromatic heterocycles. The molecular weight excluding hydrogens is 228 g/mol. The highest BCUT2D eigenvalue weighted by molar-refractivity contribution is 7.05. The van der Waals surface area contributed by atoms with Gasteiger partial charge in [-0.1, -0.05) is 31.9 Å². The largest absolute Gasteiger partial charge is 0.172 e. The minimum atomic E-state index is -0.667. The third-order valence-electron chi connectivity index (χ3n) is 1.55. The quantitative estimate of drug-likeness (QED) is 0.532. The molecule has 0 N–H and O–H groups in total. The van der Waals surface area contributed by atoms with E-state index in [0.29, 0.717) is 0 Å². The van der Waals surface area contributed by atoms with Crippen LogP contribution >= 0.6 is 11.1 Å². The zero-order chi connectivity index (χ0) is 10.9. The molecule has 0 saturated carbocycles. The van der Waals surface area contributed by atoms with Gasteiger partial charge in [-0.25, -0.2) is 0 Å². The van der Waals surface area contributed by atoms with E-state index in [9.17, 15) is 0 Å². The lowest BCUT2D eigenvalue weighted by atomic mass is 11.3. The molecule has 0 nitrogen and oxygen atoms in total. The highest BCUT2D eigenvalue weighted by Crippen LogP contribution is 1.98. The summed E-state index contributed by atoms with van der Waals surface area (Å²) in [5.41, 5.74) is 5.77. The molecule has 0 spiro atoms. The van der Waals surface area contributed by atoms with Gasteiger partial charge in [0, 0.05) is 0 Å². The van der Waals surface area contributed by atoms with E-state index in [1.165, 1.54) is 5.67 Å². The lowest BCUT2D eigenvalue weighted by molar-refractivity contribution is 1.78. The first-order valence-corrected chi connectivity index (χ1v) is 14.2. The average molecular weight is 251 g/mol. The van der Waals surface area contributed by atoms with Gasteiger partial charge >= 0.3 is 0 Å². The van der Waals surface area contributed by atoms with Gasteiger partial charge in [0.05, 0.1) is 17.6 Å². The third kappa shape index (κ3) is 19.0. The van der Waals surface area contributed by atoms with Crippen molar-refractivity contribution in [3.63, 3.8) is 0 Å². The zero-order valence-electron chi connectivity index (χ0n) is 9.39. The molecule has 0 aromatic carbocycles. The fourth-order valence-corrected chi connectivity index (χ4v) is 7.01. The van der Waals surface area contributed by atoms with Gasteiger partial charge in [0.2, 0.25) is 0 Å². The fraction of sp³-hybridized carbons (Fsp3) is 0.556. The van der Waals surface area contributed by atoms with E-state index in [-0.39, 0.29) is 0 Å². The van der Waals surface area contributed by atoms with Gasteiger partial charge in [0.1, 0.15) is 8.11 Å². The Morgan fingerprint density at radius 1 is 1.00 bits per heavy atom. The molecule has 4 heteroatoms. The fourth-order valence-electron chi connectivity index (χ4n) is 0.779. The van der Waals surface area contributed by atoms with Gasteiger partial charge in [0.25, 0.3) is 0 Å². The van der Waals surface area contributed by atoms with Crippen LogP contribution in [0.4, 0.5) is 0 Å². The minimum absolute atomic E-state index is 0.502. The highest BCUT2D eigenvalue weighted by Gasteiger charge is 2.03. The molecular formula is C9H23ClSi3. The normalized spacial score (nSPS) is 14.0. The molecule has 0 fully saturated rings. The summed E-state index contributed by atoms with van der Waals surface area (Å²) < 4.78 is 0. The summed E-state index contributed by atoms with van der Waals surface area (Å²) in [4.78, 5) is 0. The van der Waals surface area contributed by atoms with Crippen molar-refractivity contribution in [3.8, 4) is 0 Å². The second-order valence-corrected chi connectivity index (χ2v) is 15.1. The zero-order valence-corrected chi connectivity index (χ0v) is 13.6. The number of hydrogen-bond acceptors (Lipinski definition) is 0. The molecule has 0 amide bonds. The lowest BCUT2D eigenvalue weighted by Gasteiger charge is -2.05. The van der Waals surface area contributed by atoms with E-state index in [4.69, 9.17) is 11.1 Å². The molecule has 0 radical (unpaired) electrons. The summed E-state index contributed by atoms with van der Waals surface area (Å²) in [7, 11) is -1.67. The van der Waals surface area contributed by atoms with Crippen LogP contribution in [0.5, 0.6) is 0 Å². The van der Waals surface area contributed by atoms with E-state index in [1.807, 2.05) is 0 Å². The molecule has 0 bridgehead atoms. The second-order valence-electron chi connectivity index (χ2n) is 3.68. The van der Waals surface area contributed by atoms with Gasteiger partial charge in [-0.05, 0) is 0 Å². The number of hydrogen-bond donors (Lipinski definition) is 0. The van der Waals surface area contributed by atoms with Crippen LogP contribution < -0.4 is 0 Å². The van der Waals surface area contributed by atoms with Gasteiger partial charge in [-0.2, -0.15) is 11.1 Å². The van der Waals surface area contributed by atoms with E-state index in [0.717, 1.165) is 0 Å². The molecule has 0 aliphatic rings. The summed E-state index contributed by atoms with van der Waals surface area (Å²) in [5.74, 6) is 0. The molecule has 0 aliphatic heterocycles. The van der Waals surface area contributed by atoms with Crippen molar-refractivity contribution in [2.45, 2.75) is 31.9 Å². The summed E-state index contributed by atoms with van der Waals surface area (Å²) in [6.07, 6.45) is 0.